The van der Waals surface area contributed by atoms with Crippen molar-refractivity contribution in [1.29, 1.82) is 0 Å². The van der Waals surface area contributed by atoms with Gasteiger partial charge in [0.05, 0.1) is 10.2 Å². The van der Waals surface area contributed by atoms with Crippen molar-refractivity contribution in [3.63, 3.8) is 0 Å². The number of halogens is 1. The van der Waals surface area contributed by atoms with E-state index in [1.165, 1.54) is 23.5 Å². The molecule has 2 aromatic rings. The molecule has 100 valence electrons. The minimum atomic E-state index is -0.342. The number of fused-ring (bicyclic) bond motifs is 1. The summed E-state index contributed by atoms with van der Waals surface area (Å²) in [6.07, 6.45) is 2.14. The van der Waals surface area contributed by atoms with E-state index in [1.807, 2.05) is 0 Å². The third-order valence-electron chi connectivity index (χ3n) is 3.01. The van der Waals surface area contributed by atoms with Crippen LogP contribution in [0.1, 0.15) is 19.8 Å². The SMILES string of the molecule is CC(Nc1nc2ccc(F)cc2s1)C(=O)NC1CC1. The molecule has 0 saturated heterocycles. The molecule has 1 saturated carbocycles. The Morgan fingerprint density at radius 1 is 1.53 bits per heavy atom. The molecule has 1 fully saturated rings. The normalized spacial score (nSPS) is 16.3. The van der Waals surface area contributed by atoms with Gasteiger partial charge in [-0.25, -0.2) is 9.37 Å². The van der Waals surface area contributed by atoms with Crippen molar-refractivity contribution in [3.8, 4) is 0 Å². The van der Waals surface area contributed by atoms with E-state index in [0.717, 1.165) is 23.1 Å². The topological polar surface area (TPSA) is 54.0 Å². The highest BCUT2D eigenvalue weighted by atomic mass is 32.1. The molecule has 1 aliphatic carbocycles. The maximum absolute atomic E-state index is 13.1. The van der Waals surface area contributed by atoms with E-state index in [9.17, 15) is 9.18 Å². The quantitative estimate of drug-likeness (QED) is 0.904. The molecule has 1 atom stereocenters. The second-order valence-corrected chi connectivity index (χ2v) is 5.81. The van der Waals surface area contributed by atoms with Gasteiger partial charge in [0.15, 0.2) is 5.13 Å². The van der Waals surface area contributed by atoms with Crippen LogP contribution in [-0.2, 0) is 4.79 Å². The second kappa shape index (κ2) is 4.77. The van der Waals surface area contributed by atoms with Crippen LogP contribution in [0.5, 0.6) is 0 Å². The highest BCUT2D eigenvalue weighted by Crippen LogP contribution is 2.27. The molecule has 4 nitrogen and oxygen atoms in total. The molecule has 1 heterocycles. The lowest BCUT2D eigenvalue weighted by molar-refractivity contribution is -0.121. The zero-order chi connectivity index (χ0) is 13.4. The number of rotatable bonds is 4. The largest absolute Gasteiger partial charge is 0.352 e. The van der Waals surface area contributed by atoms with Gasteiger partial charge in [-0.2, -0.15) is 0 Å². The first-order valence-corrected chi connectivity index (χ1v) is 7.06. The summed E-state index contributed by atoms with van der Waals surface area (Å²) in [5.74, 6) is -0.296. The number of carbonyl (C=O) groups excluding carboxylic acids is 1. The lowest BCUT2D eigenvalue weighted by Crippen LogP contribution is -2.38. The number of benzene rings is 1. The van der Waals surface area contributed by atoms with Crippen molar-refractivity contribution in [2.75, 3.05) is 5.32 Å². The van der Waals surface area contributed by atoms with Crippen molar-refractivity contribution in [1.82, 2.24) is 10.3 Å². The summed E-state index contributed by atoms with van der Waals surface area (Å²) in [7, 11) is 0. The molecule has 0 radical (unpaired) electrons. The van der Waals surface area contributed by atoms with Crippen LogP contribution in [0.2, 0.25) is 0 Å². The second-order valence-electron chi connectivity index (χ2n) is 4.78. The Balaban J connectivity index is 1.71. The lowest BCUT2D eigenvalue weighted by Gasteiger charge is -2.12. The highest BCUT2D eigenvalue weighted by Gasteiger charge is 2.25. The summed E-state index contributed by atoms with van der Waals surface area (Å²) in [4.78, 5) is 16.1. The van der Waals surface area contributed by atoms with Gasteiger partial charge in [-0.15, -0.1) is 0 Å². The number of carbonyl (C=O) groups is 1. The first-order valence-electron chi connectivity index (χ1n) is 6.25. The predicted molar refractivity (Wildman–Crippen MR) is 73.8 cm³/mol. The van der Waals surface area contributed by atoms with Crippen molar-refractivity contribution < 1.29 is 9.18 Å². The minimum Gasteiger partial charge on any atom is -0.352 e. The van der Waals surface area contributed by atoms with Gasteiger partial charge >= 0.3 is 0 Å². The van der Waals surface area contributed by atoms with E-state index in [-0.39, 0.29) is 17.8 Å². The van der Waals surface area contributed by atoms with Crippen molar-refractivity contribution in [2.45, 2.75) is 31.8 Å². The Hall–Kier alpha value is -1.69. The van der Waals surface area contributed by atoms with Crippen LogP contribution >= 0.6 is 11.3 Å². The summed E-state index contributed by atoms with van der Waals surface area (Å²) in [5.41, 5.74) is 0.740. The maximum Gasteiger partial charge on any atom is 0.242 e. The van der Waals surface area contributed by atoms with E-state index >= 15 is 0 Å². The number of nitrogens with one attached hydrogen (secondary N) is 2. The molecule has 0 aliphatic heterocycles. The summed E-state index contributed by atoms with van der Waals surface area (Å²) in [6.45, 7) is 1.80. The molecule has 1 unspecified atom stereocenters. The molecule has 1 amide bonds. The molecule has 3 rings (SSSR count). The Morgan fingerprint density at radius 3 is 3.05 bits per heavy atom. The van der Waals surface area contributed by atoms with Crippen LogP contribution in [0.15, 0.2) is 18.2 Å². The third kappa shape index (κ3) is 2.84. The number of nitrogens with zero attached hydrogens (tertiary/aromatic N) is 1. The average Bonchev–Trinajstić information content (AvgIpc) is 3.08. The first-order chi connectivity index (χ1) is 9.11. The van der Waals surface area contributed by atoms with Gasteiger partial charge in [0.25, 0.3) is 0 Å². The fraction of sp³-hybridized carbons (Fsp3) is 0.385. The number of hydrogen-bond donors (Lipinski definition) is 2. The molecule has 0 spiro atoms. The van der Waals surface area contributed by atoms with Gasteiger partial charge in [0.2, 0.25) is 5.91 Å². The van der Waals surface area contributed by atoms with E-state index in [4.69, 9.17) is 0 Å². The van der Waals surface area contributed by atoms with E-state index in [2.05, 4.69) is 15.6 Å². The summed E-state index contributed by atoms with van der Waals surface area (Å²) < 4.78 is 13.9. The Labute approximate surface area is 114 Å². The maximum atomic E-state index is 13.1. The van der Waals surface area contributed by atoms with E-state index in [1.54, 1.807) is 13.0 Å². The van der Waals surface area contributed by atoms with Crippen LogP contribution in [0, 0.1) is 5.82 Å². The van der Waals surface area contributed by atoms with Crippen LogP contribution < -0.4 is 10.6 Å². The fourth-order valence-electron chi connectivity index (χ4n) is 1.76. The molecule has 1 aromatic carbocycles. The zero-order valence-electron chi connectivity index (χ0n) is 10.4. The standard InChI is InChI=1S/C13H14FN3OS/c1-7(12(18)16-9-3-4-9)15-13-17-10-5-2-8(14)6-11(10)19-13/h2,5-7,9H,3-4H2,1H3,(H,15,17)(H,16,18). The fourth-order valence-corrected chi connectivity index (χ4v) is 2.74. The lowest BCUT2D eigenvalue weighted by atomic mass is 10.3. The predicted octanol–water partition coefficient (Wildman–Crippen LogP) is 2.51. The number of anilines is 1. The van der Waals surface area contributed by atoms with E-state index in [0.29, 0.717) is 11.2 Å². The molecule has 1 aliphatic rings. The van der Waals surface area contributed by atoms with E-state index < -0.39 is 0 Å². The van der Waals surface area contributed by atoms with Gasteiger partial charge < -0.3 is 10.6 Å². The van der Waals surface area contributed by atoms with Crippen molar-refractivity contribution in [2.24, 2.45) is 0 Å². The average molecular weight is 279 g/mol. The molecule has 2 N–H and O–H groups in total. The van der Waals surface area contributed by atoms with Crippen LogP contribution in [0.4, 0.5) is 9.52 Å². The monoisotopic (exact) mass is 279 g/mol. The van der Waals surface area contributed by atoms with Gasteiger partial charge in [-0.3, -0.25) is 4.79 Å². The molecule has 0 bridgehead atoms. The molecular weight excluding hydrogens is 265 g/mol. The molecule has 1 aromatic heterocycles. The Bertz CT molecular complexity index is 623. The van der Waals surface area contributed by atoms with Crippen molar-refractivity contribution in [3.05, 3.63) is 24.0 Å². The highest BCUT2D eigenvalue weighted by molar-refractivity contribution is 7.22. The Morgan fingerprint density at radius 2 is 2.32 bits per heavy atom. The summed E-state index contributed by atoms with van der Waals surface area (Å²) >= 11 is 1.35. The summed E-state index contributed by atoms with van der Waals surface area (Å²) in [5, 5.41) is 6.63. The smallest absolute Gasteiger partial charge is 0.242 e. The van der Waals surface area contributed by atoms with Gasteiger partial charge in [-0.1, -0.05) is 11.3 Å². The Kier molecular flexibility index (Phi) is 3.10. The van der Waals surface area contributed by atoms with Gasteiger partial charge in [0, 0.05) is 6.04 Å². The van der Waals surface area contributed by atoms with Gasteiger partial charge in [0.1, 0.15) is 11.9 Å². The van der Waals surface area contributed by atoms with Crippen molar-refractivity contribution >= 4 is 32.6 Å². The first kappa shape index (κ1) is 12.3. The molecular formula is C13H14FN3OS. The van der Waals surface area contributed by atoms with Gasteiger partial charge in [-0.05, 0) is 38.0 Å². The minimum absolute atomic E-state index is 0.0204. The zero-order valence-corrected chi connectivity index (χ0v) is 11.3. The molecule has 6 heteroatoms. The summed E-state index contributed by atoms with van der Waals surface area (Å²) in [6, 6.07) is 4.48. The van der Waals surface area contributed by atoms with Crippen LogP contribution in [0.25, 0.3) is 10.2 Å². The number of hydrogen-bond acceptors (Lipinski definition) is 4. The van der Waals surface area contributed by atoms with Crippen LogP contribution in [0.3, 0.4) is 0 Å². The number of aromatic nitrogens is 1. The number of thiazole rings is 1. The third-order valence-corrected chi connectivity index (χ3v) is 3.96. The number of amides is 1. The molecule has 19 heavy (non-hydrogen) atoms. The van der Waals surface area contributed by atoms with Crippen LogP contribution in [-0.4, -0.2) is 23.0 Å².